The van der Waals surface area contributed by atoms with Crippen molar-refractivity contribution < 1.29 is 0 Å². The van der Waals surface area contributed by atoms with Crippen molar-refractivity contribution in [2.75, 3.05) is 26.2 Å². The predicted octanol–water partition coefficient (Wildman–Crippen LogP) is 1.92. The van der Waals surface area contributed by atoms with Crippen molar-refractivity contribution in [3.8, 4) is 0 Å². The lowest BCUT2D eigenvalue weighted by molar-refractivity contribution is 0.122. The van der Waals surface area contributed by atoms with Crippen LogP contribution in [0, 0.1) is 6.92 Å². The Balaban J connectivity index is 1.50. The number of rotatable bonds is 5. The van der Waals surface area contributed by atoms with Crippen molar-refractivity contribution >= 4 is 0 Å². The van der Waals surface area contributed by atoms with Crippen LogP contribution in [0.1, 0.15) is 23.7 Å². The van der Waals surface area contributed by atoms with Crippen LogP contribution in [0.15, 0.2) is 30.7 Å². The summed E-state index contributed by atoms with van der Waals surface area (Å²) in [7, 11) is 0. The summed E-state index contributed by atoms with van der Waals surface area (Å²) in [4.78, 5) is 9.14. The van der Waals surface area contributed by atoms with Crippen molar-refractivity contribution in [2.24, 2.45) is 0 Å². The number of nitrogens with zero attached hydrogens (tertiary/aromatic N) is 5. The molecule has 2 aromatic heterocycles. The fraction of sp³-hybridized carbons (Fsp3) is 0.529. The van der Waals surface area contributed by atoms with Crippen LogP contribution in [0.3, 0.4) is 0 Å². The van der Waals surface area contributed by atoms with Gasteiger partial charge in [0.25, 0.3) is 0 Å². The highest BCUT2D eigenvalue weighted by atomic mass is 15.3. The molecule has 0 atom stereocenters. The Hall–Kier alpha value is -1.72. The Morgan fingerprint density at radius 3 is 2.23 bits per heavy atom. The molecule has 3 rings (SSSR count). The molecule has 1 saturated heterocycles. The van der Waals surface area contributed by atoms with Gasteiger partial charge in [0, 0.05) is 69.5 Å². The van der Waals surface area contributed by atoms with E-state index in [1.54, 1.807) is 0 Å². The molecule has 0 bridgehead atoms. The van der Waals surface area contributed by atoms with Crippen molar-refractivity contribution in [1.29, 1.82) is 0 Å². The van der Waals surface area contributed by atoms with E-state index in [1.807, 2.05) is 18.6 Å². The minimum Gasteiger partial charge on any atom is -0.297 e. The van der Waals surface area contributed by atoms with Gasteiger partial charge < -0.3 is 0 Å². The van der Waals surface area contributed by atoms with E-state index in [1.165, 1.54) is 16.8 Å². The van der Waals surface area contributed by atoms with Crippen molar-refractivity contribution in [2.45, 2.75) is 33.5 Å². The number of hydrogen-bond donors (Lipinski definition) is 0. The summed E-state index contributed by atoms with van der Waals surface area (Å²) < 4.78 is 2.08. The highest BCUT2D eigenvalue weighted by molar-refractivity contribution is 5.16. The Morgan fingerprint density at radius 2 is 1.64 bits per heavy atom. The lowest BCUT2D eigenvalue weighted by Gasteiger charge is -2.34. The highest BCUT2D eigenvalue weighted by Crippen LogP contribution is 2.13. The summed E-state index contributed by atoms with van der Waals surface area (Å²) in [6, 6.07) is 4.21. The monoisotopic (exact) mass is 299 g/mol. The Labute approximate surface area is 132 Å². The van der Waals surface area contributed by atoms with Crippen molar-refractivity contribution in [3.05, 3.63) is 47.5 Å². The van der Waals surface area contributed by atoms with Crippen LogP contribution >= 0.6 is 0 Å². The Bertz CT molecular complexity index is 584. The number of pyridine rings is 1. The summed E-state index contributed by atoms with van der Waals surface area (Å²) >= 11 is 0. The van der Waals surface area contributed by atoms with Crippen molar-refractivity contribution in [3.63, 3.8) is 0 Å². The van der Waals surface area contributed by atoms with Crippen LogP contribution in [0.2, 0.25) is 0 Å². The molecule has 0 unspecified atom stereocenters. The molecule has 2 aromatic rings. The first kappa shape index (κ1) is 15.2. The molecule has 0 saturated carbocycles. The van der Waals surface area contributed by atoms with E-state index in [-0.39, 0.29) is 0 Å². The lowest BCUT2D eigenvalue weighted by atomic mass is 10.2. The van der Waals surface area contributed by atoms with Gasteiger partial charge in [0.15, 0.2) is 0 Å². The molecule has 0 N–H and O–H groups in total. The molecule has 1 aliphatic heterocycles. The first-order valence-corrected chi connectivity index (χ1v) is 8.11. The number of piperazine rings is 1. The molecule has 0 aromatic carbocycles. The second kappa shape index (κ2) is 7.03. The minimum absolute atomic E-state index is 0.950. The smallest absolute Gasteiger partial charge is 0.0537 e. The van der Waals surface area contributed by atoms with E-state index in [4.69, 9.17) is 0 Å². The van der Waals surface area contributed by atoms with Gasteiger partial charge in [-0.1, -0.05) is 0 Å². The Morgan fingerprint density at radius 1 is 1.00 bits per heavy atom. The third kappa shape index (κ3) is 3.54. The van der Waals surface area contributed by atoms with Gasteiger partial charge in [-0.25, -0.2) is 0 Å². The average Bonchev–Trinajstić information content (AvgIpc) is 2.90. The second-order valence-corrected chi connectivity index (χ2v) is 5.98. The van der Waals surface area contributed by atoms with E-state index in [0.29, 0.717) is 0 Å². The molecule has 118 valence electrons. The third-order valence-corrected chi connectivity index (χ3v) is 4.52. The van der Waals surface area contributed by atoms with E-state index in [2.05, 4.69) is 50.5 Å². The summed E-state index contributed by atoms with van der Waals surface area (Å²) in [5.74, 6) is 0. The van der Waals surface area contributed by atoms with Crippen LogP contribution in [-0.2, 0) is 19.6 Å². The molecule has 0 amide bonds. The molecule has 0 spiro atoms. The van der Waals surface area contributed by atoms with Gasteiger partial charge in [-0.15, -0.1) is 0 Å². The summed E-state index contributed by atoms with van der Waals surface area (Å²) in [6.07, 6.45) is 5.78. The maximum Gasteiger partial charge on any atom is 0.0537 e. The van der Waals surface area contributed by atoms with Gasteiger partial charge in [-0.3, -0.25) is 19.5 Å². The maximum atomic E-state index is 4.44. The van der Waals surface area contributed by atoms with Crippen LogP contribution in [-0.4, -0.2) is 50.7 Å². The normalized spacial score (nSPS) is 17.0. The molecule has 1 fully saturated rings. The fourth-order valence-corrected chi connectivity index (χ4v) is 3.05. The fourth-order valence-electron chi connectivity index (χ4n) is 3.05. The summed E-state index contributed by atoms with van der Waals surface area (Å²) in [6.45, 7) is 11.8. The van der Waals surface area contributed by atoms with Crippen molar-refractivity contribution in [1.82, 2.24) is 24.6 Å². The molecule has 5 nitrogen and oxygen atoms in total. The molecule has 22 heavy (non-hydrogen) atoms. The van der Waals surface area contributed by atoms with E-state index >= 15 is 0 Å². The zero-order chi connectivity index (χ0) is 15.4. The highest BCUT2D eigenvalue weighted by Gasteiger charge is 2.18. The van der Waals surface area contributed by atoms with E-state index in [0.717, 1.165) is 45.8 Å². The van der Waals surface area contributed by atoms with Crippen LogP contribution in [0.25, 0.3) is 0 Å². The molecule has 0 aliphatic carbocycles. The second-order valence-electron chi connectivity index (χ2n) is 5.98. The number of aryl methyl sites for hydroxylation is 1. The zero-order valence-electron chi connectivity index (χ0n) is 13.6. The maximum absolute atomic E-state index is 4.44. The van der Waals surface area contributed by atoms with E-state index < -0.39 is 0 Å². The molecular weight excluding hydrogens is 274 g/mol. The third-order valence-electron chi connectivity index (χ3n) is 4.52. The molecule has 3 heterocycles. The van der Waals surface area contributed by atoms with Crippen LogP contribution in [0.4, 0.5) is 0 Å². The van der Waals surface area contributed by atoms with Gasteiger partial charge in [0.1, 0.15) is 0 Å². The van der Waals surface area contributed by atoms with Gasteiger partial charge in [-0.05, 0) is 31.5 Å². The lowest BCUT2D eigenvalue weighted by Crippen LogP contribution is -2.45. The quantitative estimate of drug-likeness (QED) is 0.845. The van der Waals surface area contributed by atoms with Gasteiger partial charge in [0.05, 0.1) is 6.20 Å². The summed E-state index contributed by atoms with van der Waals surface area (Å²) in [5.41, 5.74) is 4.02. The summed E-state index contributed by atoms with van der Waals surface area (Å²) in [5, 5.41) is 4.44. The largest absolute Gasteiger partial charge is 0.297 e. The topological polar surface area (TPSA) is 37.2 Å². The number of aromatic nitrogens is 3. The van der Waals surface area contributed by atoms with Gasteiger partial charge in [0.2, 0.25) is 0 Å². The van der Waals surface area contributed by atoms with Gasteiger partial charge >= 0.3 is 0 Å². The minimum atomic E-state index is 0.950. The first-order valence-electron chi connectivity index (χ1n) is 8.11. The predicted molar refractivity (Wildman–Crippen MR) is 87.4 cm³/mol. The van der Waals surface area contributed by atoms with Crippen LogP contribution < -0.4 is 0 Å². The Kier molecular flexibility index (Phi) is 4.85. The number of hydrogen-bond acceptors (Lipinski definition) is 4. The molecular formula is C17H25N5. The average molecular weight is 299 g/mol. The zero-order valence-corrected chi connectivity index (χ0v) is 13.6. The molecule has 0 radical (unpaired) electrons. The SMILES string of the molecule is CCn1ncc(CN2CCN(Cc3ccncc3)CC2)c1C. The standard InChI is InChI=1S/C17H25N5/c1-3-22-15(2)17(12-19-22)14-21-10-8-20(9-11-21)13-16-4-6-18-7-5-16/h4-7,12H,3,8-11,13-14H2,1-2H3. The molecule has 1 aliphatic rings. The van der Waals surface area contributed by atoms with Gasteiger partial charge in [-0.2, -0.15) is 5.10 Å². The van der Waals surface area contributed by atoms with E-state index in [9.17, 15) is 0 Å². The first-order chi connectivity index (χ1) is 10.8. The molecule has 5 heteroatoms. The van der Waals surface area contributed by atoms with Crippen LogP contribution in [0.5, 0.6) is 0 Å².